The quantitative estimate of drug-likeness (QED) is 0.755. The molecule has 0 aliphatic heterocycles. The zero-order valence-electron chi connectivity index (χ0n) is 9.43. The Morgan fingerprint density at radius 2 is 1.88 bits per heavy atom. The molecule has 0 spiro atoms. The van der Waals surface area contributed by atoms with Crippen LogP contribution in [-0.2, 0) is 0 Å². The number of benzene rings is 1. The van der Waals surface area contributed by atoms with Gasteiger partial charge in [-0.3, -0.25) is 4.79 Å². The summed E-state index contributed by atoms with van der Waals surface area (Å²) in [5.41, 5.74) is 0.611. The Balaban J connectivity index is 2.66. The summed E-state index contributed by atoms with van der Waals surface area (Å²) in [6.45, 7) is 5.36. The summed E-state index contributed by atoms with van der Waals surface area (Å²) in [4.78, 5) is 14.4. The molecule has 0 saturated heterocycles. The molecule has 3 nitrogen and oxygen atoms in total. The van der Waals surface area contributed by atoms with Gasteiger partial charge in [0.25, 0.3) is 5.24 Å². The summed E-state index contributed by atoms with van der Waals surface area (Å²) in [7, 11) is 0. The van der Waals surface area contributed by atoms with E-state index in [1.54, 1.807) is 29.2 Å². The normalized spacial score (nSPS) is 9.56. The highest BCUT2D eigenvalue weighted by Crippen LogP contribution is 2.21. The molecule has 1 amide bonds. The number of rotatable bonds is 3. The maximum atomic E-state index is 11.8. The molecule has 0 bridgehead atoms. The smallest absolute Gasteiger partial charge is 0.286 e. The highest BCUT2D eigenvalue weighted by atomic mass is 32.2. The van der Waals surface area contributed by atoms with Crippen molar-refractivity contribution < 1.29 is 4.79 Å². The Bertz CT molecular complexity index is 390. The Morgan fingerprint density at radius 1 is 1.31 bits per heavy atom. The van der Waals surface area contributed by atoms with Crippen LogP contribution in [0.15, 0.2) is 29.2 Å². The van der Waals surface area contributed by atoms with E-state index in [1.807, 2.05) is 19.9 Å². The van der Waals surface area contributed by atoms with Crippen LogP contribution in [0.2, 0.25) is 0 Å². The molecule has 0 atom stereocenters. The van der Waals surface area contributed by atoms with E-state index in [-0.39, 0.29) is 5.24 Å². The average molecular weight is 234 g/mol. The predicted octanol–water partition coefficient (Wildman–Crippen LogP) is 3.11. The SMILES string of the molecule is CCN(CC)C(=O)Sc1ccc(C#N)cc1. The maximum Gasteiger partial charge on any atom is 0.286 e. The van der Waals surface area contributed by atoms with Crippen molar-refractivity contribution in [3.8, 4) is 6.07 Å². The van der Waals surface area contributed by atoms with Crippen molar-refractivity contribution in [2.24, 2.45) is 0 Å². The number of nitriles is 1. The molecule has 1 aromatic rings. The topological polar surface area (TPSA) is 44.1 Å². The zero-order chi connectivity index (χ0) is 12.0. The van der Waals surface area contributed by atoms with E-state index in [2.05, 4.69) is 0 Å². The monoisotopic (exact) mass is 234 g/mol. The molecule has 0 fully saturated rings. The average Bonchev–Trinajstić information content (AvgIpc) is 2.31. The zero-order valence-corrected chi connectivity index (χ0v) is 10.3. The van der Waals surface area contributed by atoms with Gasteiger partial charge in [-0.05, 0) is 49.9 Å². The van der Waals surface area contributed by atoms with Gasteiger partial charge in [-0.2, -0.15) is 5.26 Å². The standard InChI is InChI=1S/C12H14N2OS/c1-3-14(4-2)12(15)16-11-7-5-10(9-13)6-8-11/h5-8H,3-4H2,1-2H3. The minimum absolute atomic E-state index is 0.0507. The van der Waals surface area contributed by atoms with Crippen LogP contribution in [0.25, 0.3) is 0 Å². The fourth-order valence-corrected chi connectivity index (χ4v) is 2.11. The van der Waals surface area contributed by atoms with Crippen LogP contribution < -0.4 is 0 Å². The van der Waals surface area contributed by atoms with Crippen molar-refractivity contribution in [2.75, 3.05) is 13.1 Å². The van der Waals surface area contributed by atoms with Gasteiger partial charge in [-0.1, -0.05) is 0 Å². The van der Waals surface area contributed by atoms with E-state index in [4.69, 9.17) is 5.26 Å². The number of hydrogen-bond donors (Lipinski definition) is 0. The number of nitrogens with zero attached hydrogens (tertiary/aromatic N) is 2. The Hall–Kier alpha value is -1.47. The van der Waals surface area contributed by atoms with Crippen molar-refractivity contribution in [3.63, 3.8) is 0 Å². The van der Waals surface area contributed by atoms with Gasteiger partial charge in [-0.15, -0.1) is 0 Å². The number of carbonyl (C=O) groups is 1. The van der Waals surface area contributed by atoms with E-state index in [1.165, 1.54) is 11.8 Å². The fourth-order valence-electron chi connectivity index (χ4n) is 1.24. The largest absolute Gasteiger partial charge is 0.334 e. The van der Waals surface area contributed by atoms with Crippen LogP contribution >= 0.6 is 11.8 Å². The van der Waals surface area contributed by atoms with Gasteiger partial charge in [0, 0.05) is 18.0 Å². The van der Waals surface area contributed by atoms with E-state index in [9.17, 15) is 4.79 Å². The lowest BCUT2D eigenvalue weighted by atomic mass is 10.2. The highest BCUT2D eigenvalue weighted by Gasteiger charge is 2.10. The molecule has 0 aromatic heterocycles. The first-order valence-electron chi connectivity index (χ1n) is 5.18. The maximum absolute atomic E-state index is 11.8. The van der Waals surface area contributed by atoms with Gasteiger partial charge < -0.3 is 4.90 Å². The molecule has 0 saturated carbocycles. The summed E-state index contributed by atoms with van der Waals surface area (Å²) >= 11 is 1.20. The number of amides is 1. The first-order chi connectivity index (χ1) is 7.71. The molecule has 4 heteroatoms. The first-order valence-corrected chi connectivity index (χ1v) is 5.99. The van der Waals surface area contributed by atoms with Crippen molar-refractivity contribution in [1.29, 1.82) is 5.26 Å². The predicted molar refractivity (Wildman–Crippen MR) is 65.3 cm³/mol. The van der Waals surface area contributed by atoms with Crippen LogP contribution in [-0.4, -0.2) is 23.2 Å². The van der Waals surface area contributed by atoms with E-state index < -0.39 is 0 Å². The number of hydrogen-bond acceptors (Lipinski definition) is 3. The summed E-state index contributed by atoms with van der Waals surface area (Å²) < 4.78 is 0. The van der Waals surface area contributed by atoms with Gasteiger partial charge in [-0.25, -0.2) is 0 Å². The van der Waals surface area contributed by atoms with Crippen molar-refractivity contribution in [3.05, 3.63) is 29.8 Å². The molecule has 0 aliphatic rings. The third kappa shape index (κ3) is 3.28. The molecule has 0 aliphatic carbocycles. The summed E-state index contributed by atoms with van der Waals surface area (Å²) in [5, 5.41) is 8.69. The molecule has 0 unspecified atom stereocenters. The van der Waals surface area contributed by atoms with Gasteiger partial charge in [0.2, 0.25) is 0 Å². The minimum atomic E-state index is 0.0507. The van der Waals surface area contributed by atoms with Gasteiger partial charge >= 0.3 is 0 Å². The lowest BCUT2D eigenvalue weighted by Gasteiger charge is -2.17. The van der Waals surface area contributed by atoms with Crippen molar-refractivity contribution in [2.45, 2.75) is 18.7 Å². The van der Waals surface area contributed by atoms with Gasteiger partial charge in [0.05, 0.1) is 11.6 Å². The molecule has 1 aromatic carbocycles. The lowest BCUT2D eigenvalue weighted by molar-refractivity contribution is 0.228. The van der Waals surface area contributed by atoms with E-state index in [0.29, 0.717) is 5.56 Å². The molecule has 16 heavy (non-hydrogen) atoms. The molecule has 0 heterocycles. The van der Waals surface area contributed by atoms with Crippen LogP contribution in [0.1, 0.15) is 19.4 Å². The first kappa shape index (κ1) is 12.6. The van der Waals surface area contributed by atoms with Gasteiger partial charge in [0.15, 0.2) is 0 Å². The van der Waals surface area contributed by atoms with Crippen molar-refractivity contribution >= 4 is 17.0 Å². The fraction of sp³-hybridized carbons (Fsp3) is 0.333. The summed E-state index contributed by atoms with van der Waals surface area (Å²) in [6, 6.07) is 9.08. The molecule has 84 valence electrons. The summed E-state index contributed by atoms with van der Waals surface area (Å²) in [6.07, 6.45) is 0. The second-order valence-electron chi connectivity index (χ2n) is 3.18. The third-order valence-electron chi connectivity index (χ3n) is 2.21. The second kappa shape index (κ2) is 6.19. The molecule has 1 rings (SSSR count). The second-order valence-corrected chi connectivity index (χ2v) is 4.20. The minimum Gasteiger partial charge on any atom is -0.334 e. The Morgan fingerprint density at radius 3 is 2.31 bits per heavy atom. The van der Waals surface area contributed by atoms with Crippen LogP contribution in [0.3, 0.4) is 0 Å². The molecular weight excluding hydrogens is 220 g/mol. The van der Waals surface area contributed by atoms with E-state index >= 15 is 0 Å². The molecule has 0 radical (unpaired) electrons. The summed E-state index contributed by atoms with van der Waals surface area (Å²) in [5.74, 6) is 0. The highest BCUT2D eigenvalue weighted by molar-refractivity contribution is 8.13. The number of thioether (sulfide) groups is 1. The van der Waals surface area contributed by atoms with E-state index in [0.717, 1.165) is 18.0 Å². The molecule has 0 N–H and O–H groups in total. The third-order valence-corrected chi connectivity index (χ3v) is 3.15. The molecular formula is C12H14N2OS. The van der Waals surface area contributed by atoms with Gasteiger partial charge in [0.1, 0.15) is 0 Å². The van der Waals surface area contributed by atoms with Crippen LogP contribution in [0, 0.1) is 11.3 Å². The lowest BCUT2D eigenvalue weighted by Crippen LogP contribution is -2.26. The number of carbonyl (C=O) groups excluding carboxylic acids is 1. The van der Waals surface area contributed by atoms with Crippen molar-refractivity contribution in [1.82, 2.24) is 4.90 Å². The Labute approximate surface area is 100 Å². The van der Waals surface area contributed by atoms with Crippen LogP contribution in [0.5, 0.6) is 0 Å². The Kier molecular flexibility index (Phi) is 4.87. The van der Waals surface area contributed by atoms with Crippen LogP contribution in [0.4, 0.5) is 4.79 Å².